The van der Waals surface area contributed by atoms with Crippen molar-refractivity contribution in [1.29, 1.82) is 0 Å². The highest BCUT2D eigenvalue weighted by atomic mass is 16.5. The summed E-state index contributed by atoms with van der Waals surface area (Å²) in [5, 5.41) is 5.20. The fourth-order valence-electron chi connectivity index (χ4n) is 5.19. The van der Waals surface area contributed by atoms with Crippen LogP contribution in [0.5, 0.6) is 5.88 Å². The van der Waals surface area contributed by atoms with Gasteiger partial charge in [-0.15, -0.1) is 0 Å². The molecule has 34 heavy (non-hydrogen) atoms. The van der Waals surface area contributed by atoms with Crippen LogP contribution in [0.4, 0.5) is 5.69 Å². The summed E-state index contributed by atoms with van der Waals surface area (Å²) in [6, 6.07) is 12.3. The molecule has 0 atom stereocenters. The number of methoxy groups -OCH3 is 1. The van der Waals surface area contributed by atoms with E-state index in [-0.39, 0.29) is 11.3 Å². The van der Waals surface area contributed by atoms with E-state index >= 15 is 0 Å². The fourth-order valence-corrected chi connectivity index (χ4v) is 5.19. The van der Waals surface area contributed by atoms with Crippen LogP contribution in [0.2, 0.25) is 0 Å². The zero-order valence-electron chi connectivity index (χ0n) is 19.3. The highest BCUT2D eigenvalue weighted by Gasteiger charge is 2.49. The Morgan fingerprint density at radius 3 is 2.71 bits per heavy atom. The number of likely N-dealkylation sites (tertiary alicyclic amines) is 1. The summed E-state index contributed by atoms with van der Waals surface area (Å²) in [6.07, 6.45) is 8.30. The van der Waals surface area contributed by atoms with Crippen LogP contribution in [0, 0.1) is 5.41 Å². The number of anilines is 1. The number of carbonyl (C=O) groups excluding carboxylic acids is 1. The molecular formula is C26H26N6O2. The molecule has 8 heteroatoms. The predicted octanol–water partition coefficient (Wildman–Crippen LogP) is 3.39. The topological polar surface area (TPSA) is 76.4 Å². The number of hydrogen-bond acceptors (Lipinski definition) is 6. The van der Waals surface area contributed by atoms with Crippen LogP contribution >= 0.6 is 0 Å². The van der Waals surface area contributed by atoms with Crippen LogP contribution in [0.3, 0.4) is 0 Å². The molecule has 0 N–H and O–H groups in total. The molecule has 172 valence electrons. The number of carbonyl (C=O) groups is 1. The normalized spacial score (nSPS) is 16.8. The molecule has 2 aliphatic heterocycles. The Balaban J connectivity index is 1.16. The first-order valence-corrected chi connectivity index (χ1v) is 11.5. The molecule has 2 aliphatic rings. The molecule has 0 saturated carbocycles. The standard InChI is InChI=1S/C26H26N6O2/c1-30-14-21(12-28-30)25(33)31-8-7-26(15-31)16-32(17-26)22-10-20(11-27-13-22)18-3-5-23-19(9-18)4-6-24(29-23)34-2/h3-6,9-14H,7-8,15-17H2,1-2H3. The Morgan fingerprint density at radius 2 is 1.91 bits per heavy atom. The molecule has 3 aromatic heterocycles. The maximum absolute atomic E-state index is 12.8. The predicted molar refractivity (Wildman–Crippen MR) is 130 cm³/mol. The van der Waals surface area contributed by atoms with Crippen molar-refractivity contribution in [2.45, 2.75) is 6.42 Å². The summed E-state index contributed by atoms with van der Waals surface area (Å²) >= 11 is 0. The van der Waals surface area contributed by atoms with Crippen molar-refractivity contribution < 1.29 is 9.53 Å². The van der Waals surface area contributed by atoms with Crippen LogP contribution in [-0.2, 0) is 7.05 Å². The minimum Gasteiger partial charge on any atom is -0.481 e. The van der Waals surface area contributed by atoms with Crippen LogP contribution in [0.1, 0.15) is 16.8 Å². The second-order valence-electron chi connectivity index (χ2n) is 9.43. The highest BCUT2D eigenvalue weighted by Crippen LogP contribution is 2.42. The summed E-state index contributed by atoms with van der Waals surface area (Å²) < 4.78 is 6.90. The number of fused-ring (bicyclic) bond motifs is 1. The molecule has 0 aliphatic carbocycles. The molecule has 6 rings (SSSR count). The van der Waals surface area contributed by atoms with Gasteiger partial charge in [0.25, 0.3) is 5.91 Å². The summed E-state index contributed by atoms with van der Waals surface area (Å²) in [5.41, 5.74) is 5.05. The molecule has 5 heterocycles. The SMILES string of the molecule is COc1ccc2cc(-c3cncc(N4CC5(CCN(C(=O)c6cnn(C)c6)C5)C4)c3)ccc2n1. The van der Waals surface area contributed by atoms with Gasteiger partial charge in [0.15, 0.2) is 0 Å². The Morgan fingerprint density at radius 1 is 1.03 bits per heavy atom. The smallest absolute Gasteiger partial charge is 0.257 e. The van der Waals surface area contributed by atoms with E-state index in [1.54, 1.807) is 24.2 Å². The van der Waals surface area contributed by atoms with Crippen molar-refractivity contribution >= 4 is 22.5 Å². The average molecular weight is 455 g/mol. The van der Waals surface area contributed by atoms with E-state index in [0.717, 1.165) is 60.3 Å². The molecule has 4 aromatic rings. The number of rotatable bonds is 4. The number of hydrogen-bond donors (Lipinski definition) is 0. The second kappa shape index (κ2) is 7.83. The zero-order valence-corrected chi connectivity index (χ0v) is 19.3. The molecule has 0 unspecified atom stereocenters. The molecule has 1 spiro atoms. The zero-order chi connectivity index (χ0) is 23.3. The van der Waals surface area contributed by atoms with Gasteiger partial charge in [0.05, 0.1) is 36.3 Å². The van der Waals surface area contributed by atoms with E-state index in [9.17, 15) is 4.79 Å². The van der Waals surface area contributed by atoms with Gasteiger partial charge in [-0.2, -0.15) is 5.10 Å². The lowest BCUT2D eigenvalue weighted by molar-refractivity contribution is 0.0763. The maximum atomic E-state index is 12.8. The second-order valence-corrected chi connectivity index (χ2v) is 9.43. The highest BCUT2D eigenvalue weighted by molar-refractivity contribution is 5.94. The molecule has 0 bridgehead atoms. The van der Waals surface area contributed by atoms with Crippen molar-refractivity contribution in [3.63, 3.8) is 0 Å². The van der Waals surface area contributed by atoms with Crippen LogP contribution in [0.25, 0.3) is 22.0 Å². The lowest BCUT2D eigenvalue weighted by atomic mass is 9.78. The summed E-state index contributed by atoms with van der Waals surface area (Å²) in [4.78, 5) is 26.2. The molecular weight excluding hydrogens is 428 g/mol. The van der Waals surface area contributed by atoms with Crippen LogP contribution < -0.4 is 9.64 Å². The van der Waals surface area contributed by atoms with E-state index in [0.29, 0.717) is 11.4 Å². The van der Waals surface area contributed by atoms with E-state index in [4.69, 9.17) is 4.74 Å². The quantitative estimate of drug-likeness (QED) is 0.471. The van der Waals surface area contributed by atoms with Gasteiger partial charge in [-0.05, 0) is 36.2 Å². The van der Waals surface area contributed by atoms with Crippen molar-refractivity contribution in [3.8, 4) is 17.0 Å². The van der Waals surface area contributed by atoms with E-state index in [1.807, 2.05) is 42.5 Å². The number of aryl methyl sites for hydroxylation is 1. The Kier molecular flexibility index (Phi) is 4.76. The Labute approximate surface area is 197 Å². The van der Waals surface area contributed by atoms with Gasteiger partial charge in [-0.1, -0.05) is 6.07 Å². The number of amides is 1. The van der Waals surface area contributed by atoms with Gasteiger partial charge in [0.2, 0.25) is 5.88 Å². The fraction of sp³-hybridized carbons (Fsp3) is 0.308. The van der Waals surface area contributed by atoms with Gasteiger partial charge in [0.1, 0.15) is 0 Å². The minimum atomic E-state index is 0.0792. The molecule has 2 saturated heterocycles. The van der Waals surface area contributed by atoms with Gasteiger partial charge in [-0.25, -0.2) is 4.98 Å². The van der Waals surface area contributed by atoms with Crippen molar-refractivity contribution in [2.24, 2.45) is 12.5 Å². The largest absolute Gasteiger partial charge is 0.481 e. The first kappa shape index (κ1) is 20.7. The maximum Gasteiger partial charge on any atom is 0.257 e. The number of aromatic nitrogens is 4. The molecule has 1 amide bonds. The number of nitrogens with zero attached hydrogens (tertiary/aromatic N) is 6. The monoisotopic (exact) mass is 454 g/mol. The average Bonchev–Trinajstić information content (AvgIpc) is 3.49. The number of benzene rings is 1. The van der Waals surface area contributed by atoms with E-state index in [2.05, 4.69) is 38.2 Å². The third-order valence-corrected chi connectivity index (χ3v) is 7.02. The van der Waals surface area contributed by atoms with Gasteiger partial charge < -0.3 is 14.5 Å². The van der Waals surface area contributed by atoms with Crippen molar-refractivity contribution in [1.82, 2.24) is 24.6 Å². The van der Waals surface area contributed by atoms with Gasteiger partial charge >= 0.3 is 0 Å². The third kappa shape index (κ3) is 3.55. The molecule has 8 nitrogen and oxygen atoms in total. The summed E-state index contributed by atoms with van der Waals surface area (Å²) in [6.45, 7) is 3.48. The first-order chi connectivity index (χ1) is 16.5. The van der Waals surface area contributed by atoms with E-state index < -0.39 is 0 Å². The first-order valence-electron chi connectivity index (χ1n) is 11.5. The summed E-state index contributed by atoms with van der Waals surface area (Å²) in [5.74, 6) is 0.693. The lowest BCUT2D eigenvalue weighted by Crippen LogP contribution is -2.58. The van der Waals surface area contributed by atoms with Gasteiger partial charge in [0, 0.05) is 68.1 Å². The molecule has 2 fully saturated rings. The van der Waals surface area contributed by atoms with E-state index in [1.165, 1.54) is 0 Å². The van der Waals surface area contributed by atoms with Crippen molar-refractivity contribution in [3.05, 3.63) is 66.7 Å². The van der Waals surface area contributed by atoms with Gasteiger partial charge in [-0.3, -0.25) is 14.5 Å². The Hall–Kier alpha value is -3.94. The van der Waals surface area contributed by atoms with Crippen molar-refractivity contribution in [2.75, 3.05) is 38.2 Å². The van der Waals surface area contributed by atoms with Crippen LogP contribution in [0.15, 0.2) is 61.2 Å². The Bertz CT molecular complexity index is 1390. The third-order valence-electron chi connectivity index (χ3n) is 7.02. The number of pyridine rings is 2. The minimum absolute atomic E-state index is 0.0792. The molecule has 0 radical (unpaired) electrons. The summed E-state index contributed by atoms with van der Waals surface area (Å²) in [7, 11) is 3.46. The molecule has 1 aromatic carbocycles. The lowest BCUT2D eigenvalue weighted by Gasteiger charge is -2.49. The van der Waals surface area contributed by atoms with Crippen LogP contribution in [-0.4, -0.2) is 63.8 Å². The number of ether oxygens (including phenoxy) is 1.